The Kier molecular flexibility index (Phi) is 3.18. The van der Waals surface area contributed by atoms with E-state index in [0.717, 1.165) is 11.3 Å². The molecule has 3 aliphatic rings. The molecule has 5 atom stereocenters. The third-order valence-corrected chi connectivity index (χ3v) is 5.47. The molecule has 1 amide bonds. The van der Waals surface area contributed by atoms with E-state index in [4.69, 9.17) is 4.74 Å². The minimum absolute atomic E-state index is 0.171. The molecule has 0 aromatic heterocycles. The highest BCUT2D eigenvalue weighted by Crippen LogP contribution is 2.56. The van der Waals surface area contributed by atoms with Crippen LogP contribution in [0.3, 0.4) is 0 Å². The van der Waals surface area contributed by atoms with Crippen molar-refractivity contribution in [2.75, 3.05) is 4.90 Å². The number of anilines is 1. The lowest BCUT2D eigenvalue weighted by atomic mass is 9.74. The zero-order chi connectivity index (χ0) is 17.1. The van der Waals surface area contributed by atoms with Gasteiger partial charge in [0.15, 0.2) is 0 Å². The molecule has 3 heterocycles. The van der Waals surface area contributed by atoms with Crippen LogP contribution in [0.2, 0.25) is 0 Å². The lowest BCUT2D eigenvalue weighted by Crippen LogP contribution is -2.45. The predicted octanol–water partition coefficient (Wildman–Crippen LogP) is 2.31. The first-order valence-corrected chi connectivity index (χ1v) is 8.11. The molecule has 1 aromatic rings. The summed E-state index contributed by atoms with van der Waals surface area (Å²) in [5.74, 6) is -2.66. The minimum Gasteiger partial charge on any atom is -0.481 e. The number of ether oxygens (including phenoxy) is 1. The van der Waals surface area contributed by atoms with E-state index in [9.17, 15) is 14.7 Å². The highest BCUT2D eigenvalue weighted by molar-refractivity contribution is 6.03. The van der Waals surface area contributed by atoms with Crippen molar-refractivity contribution >= 4 is 17.6 Å². The predicted molar refractivity (Wildman–Crippen MR) is 88.6 cm³/mol. The number of aliphatic carboxylic acids is 1. The number of carboxylic acid groups (broad SMARTS) is 1. The molecule has 2 fully saturated rings. The van der Waals surface area contributed by atoms with Gasteiger partial charge in [-0.1, -0.05) is 36.4 Å². The first-order chi connectivity index (χ1) is 11.5. The van der Waals surface area contributed by atoms with Gasteiger partial charge in [-0.3, -0.25) is 9.59 Å². The van der Waals surface area contributed by atoms with Crippen LogP contribution in [-0.4, -0.2) is 34.7 Å². The average Bonchev–Trinajstić information content (AvgIpc) is 3.18. The summed E-state index contributed by atoms with van der Waals surface area (Å²) in [6.45, 7) is 5.76. The van der Waals surface area contributed by atoms with Crippen LogP contribution in [0.25, 0.3) is 0 Å². The number of benzene rings is 1. The van der Waals surface area contributed by atoms with Gasteiger partial charge in [-0.05, 0) is 25.0 Å². The van der Waals surface area contributed by atoms with Crippen molar-refractivity contribution < 1.29 is 19.4 Å². The molecule has 2 saturated heterocycles. The summed E-state index contributed by atoms with van der Waals surface area (Å²) in [5, 5.41) is 9.62. The van der Waals surface area contributed by atoms with Crippen molar-refractivity contribution in [3.8, 4) is 0 Å². The number of fused-ring (bicyclic) bond motifs is 1. The fourth-order valence-electron chi connectivity index (χ4n) is 4.50. The quantitative estimate of drug-likeness (QED) is 0.863. The minimum atomic E-state index is -0.978. The zero-order valence-corrected chi connectivity index (χ0v) is 13.4. The molecule has 3 aliphatic heterocycles. The molecule has 5 heteroatoms. The van der Waals surface area contributed by atoms with Crippen molar-refractivity contribution in [2.45, 2.75) is 31.1 Å². The van der Waals surface area contributed by atoms with E-state index < -0.39 is 29.5 Å². The number of carbonyl (C=O) groups excluding carboxylic acids is 1. The van der Waals surface area contributed by atoms with Gasteiger partial charge < -0.3 is 14.7 Å². The Balaban J connectivity index is 1.87. The molecular formula is C19H19NO4. The number of rotatable bonds is 4. The molecule has 1 spiro atoms. The number of aryl methyl sites for hydroxylation is 1. The maximum Gasteiger partial charge on any atom is 0.310 e. The van der Waals surface area contributed by atoms with Gasteiger partial charge in [0.1, 0.15) is 11.5 Å². The Bertz CT molecular complexity index is 770. The average molecular weight is 325 g/mol. The molecule has 4 rings (SSSR count). The van der Waals surface area contributed by atoms with Crippen molar-refractivity contribution in [3.63, 3.8) is 0 Å². The lowest BCUT2D eigenvalue weighted by molar-refractivity contribution is -0.146. The molecule has 0 aliphatic carbocycles. The van der Waals surface area contributed by atoms with E-state index in [1.807, 2.05) is 37.3 Å². The molecule has 0 radical (unpaired) electrons. The number of hydrogen-bond acceptors (Lipinski definition) is 3. The SMILES string of the molecule is C=CCC1N(c2ccccc2C)C(=O)[C@@H]2C(C(=O)O)[C@H]3C=C[C@@]12O3. The van der Waals surface area contributed by atoms with Crippen molar-refractivity contribution in [2.24, 2.45) is 11.8 Å². The topological polar surface area (TPSA) is 66.8 Å². The normalized spacial score (nSPS) is 36.2. The number of para-hydroxylation sites is 1. The highest BCUT2D eigenvalue weighted by Gasteiger charge is 2.71. The molecular weight excluding hydrogens is 306 g/mol. The monoisotopic (exact) mass is 325 g/mol. The van der Waals surface area contributed by atoms with Crippen LogP contribution in [0.15, 0.2) is 49.1 Å². The van der Waals surface area contributed by atoms with E-state index in [2.05, 4.69) is 6.58 Å². The third-order valence-electron chi connectivity index (χ3n) is 5.47. The fraction of sp³-hybridized carbons (Fsp3) is 0.368. The zero-order valence-electron chi connectivity index (χ0n) is 13.4. The van der Waals surface area contributed by atoms with Crippen molar-refractivity contribution in [1.29, 1.82) is 0 Å². The molecule has 5 nitrogen and oxygen atoms in total. The smallest absolute Gasteiger partial charge is 0.310 e. The van der Waals surface area contributed by atoms with Gasteiger partial charge in [-0.15, -0.1) is 6.58 Å². The van der Waals surface area contributed by atoms with Gasteiger partial charge in [-0.25, -0.2) is 0 Å². The van der Waals surface area contributed by atoms with Crippen molar-refractivity contribution in [3.05, 3.63) is 54.6 Å². The van der Waals surface area contributed by atoms with Crippen molar-refractivity contribution in [1.82, 2.24) is 0 Å². The molecule has 2 unspecified atom stereocenters. The number of carbonyl (C=O) groups is 2. The summed E-state index contributed by atoms with van der Waals surface area (Å²) in [7, 11) is 0. The summed E-state index contributed by atoms with van der Waals surface area (Å²) in [5.41, 5.74) is 0.908. The van der Waals surface area contributed by atoms with Gasteiger partial charge in [0.2, 0.25) is 5.91 Å². The van der Waals surface area contributed by atoms with E-state index in [1.54, 1.807) is 17.1 Å². The molecule has 1 N–H and O–H groups in total. The van der Waals surface area contributed by atoms with E-state index in [-0.39, 0.29) is 11.9 Å². The Morgan fingerprint density at radius 3 is 2.88 bits per heavy atom. The number of carboxylic acids is 1. The Morgan fingerprint density at radius 2 is 2.21 bits per heavy atom. The summed E-state index contributed by atoms with van der Waals surface area (Å²) in [6.07, 6.45) is 5.47. The van der Waals surface area contributed by atoms with Crippen LogP contribution >= 0.6 is 0 Å². The van der Waals surface area contributed by atoms with Crippen LogP contribution in [0.4, 0.5) is 5.69 Å². The maximum absolute atomic E-state index is 13.2. The van der Waals surface area contributed by atoms with E-state index >= 15 is 0 Å². The second-order valence-corrected chi connectivity index (χ2v) is 6.67. The van der Waals surface area contributed by atoms with Gasteiger partial charge in [0.25, 0.3) is 0 Å². The van der Waals surface area contributed by atoms with Crippen LogP contribution in [0, 0.1) is 18.8 Å². The summed E-state index contributed by atoms with van der Waals surface area (Å²) >= 11 is 0. The largest absolute Gasteiger partial charge is 0.481 e. The molecule has 0 saturated carbocycles. The van der Waals surface area contributed by atoms with Gasteiger partial charge >= 0.3 is 5.97 Å². The highest BCUT2D eigenvalue weighted by atomic mass is 16.5. The van der Waals surface area contributed by atoms with Gasteiger partial charge in [0, 0.05) is 5.69 Å². The summed E-state index contributed by atoms with van der Waals surface area (Å²) in [6, 6.07) is 7.37. The number of nitrogens with zero attached hydrogens (tertiary/aromatic N) is 1. The van der Waals surface area contributed by atoms with E-state index in [1.165, 1.54) is 0 Å². The summed E-state index contributed by atoms with van der Waals surface area (Å²) in [4.78, 5) is 26.7. The summed E-state index contributed by atoms with van der Waals surface area (Å²) < 4.78 is 6.08. The standard InChI is InChI=1S/C19H19NO4/c1-3-6-14-19-10-9-13(24-19)15(18(22)23)16(19)17(21)20(14)12-8-5-4-7-11(12)2/h3-5,7-10,13-16H,1,6H2,2H3,(H,22,23)/t13-,14?,15?,16+,19-/m1/s1. The first kappa shape index (κ1) is 15.1. The van der Waals surface area contributed by atoms with Crippen LogP contribution < -0.4 is 4.90 Å². The van der Waals surface area contributed by atoms with Gasteiger partial charge in [0.05, 0.1) is 18.1 Å². The molecule has 2 bridgehead atoms. The second-order valence-electron chi connectivity index (χ2n) is 6.67. The number of amides is 1. The Labute approximate surface area is 140 Å². The second kappa shape index (κ2) is 5.05. The van der Waals surface area contributed by atoms with Crippen LogP contribution in [0.1, 0.15) is 12.0 Å². The molecule has 1 aromatic carbocycles. The molecule has 124 valence electrons. The third kappa shape index (κ3) is 1.73. The molecule has 24 heavy (non-hydrogen) atoms. The Hall–Kier alpha value is -2.40. The lowest BCUT2D eigenvalue weighted by Gasteiger charge is -2.33. The Morgan fingerprint density at radius 1 is 1.46 bits per heavy atom. The van der Waals surface area contributed by atoms with E-state index in [0.29, 0.717) is 6.42 Å². The van der Waals surface area contributed by atoms with Crippen LogP contribution in [-0.2, 0) is 14.3 Å². The first-order valence-electron chi connectivity index (χ1n) is 8.11. The van der Waals surface area contributed by atoms with Crippen LogP contribution in [0.5, 0.6) is 0 Å². The maximum atomic E-state index is 13.2. The fourth-order valence-corrected chi connectivity index (χ4v) is 4.50. The van der Waals surface area contributed by atoms with Gasteiger partial charge in [-0.2, -0.15) is 0 Å². The number of hydrogen-bond donors (Lipinski definition) is 1.